The normalized spacial score (nSPS) is 14.3. The average Bonchev–Trinajstić information content (AvgIpc) is 3.37. The number of hydrogen-bond acceptors (Lipinski definition) is 9. The first kappa shape index (κ1) is 31.6. The third kappa shape index (κ3) is 6.25. The van der Waals surface area contributed by atoms with Crippen LogP contribution in [0.15, 0.2) is 88.7 Å². The smallest absolute Gasteiger partial charge is 0.338 e. The van der Waals surface area contributed by atoms with Gasteiger partial charge in [-0.2, -0.15) is 0 Å². The molecule has 9 nitrogen and oxygen atoms in total. The number of aromatic nitrogens is 1. The van der Waals surface area contributed by atoms with E-state index in [1.165, 1.54) is 37.2 Å². The largest absolute Gasteiger partial charge is 0.493 e. The Kier molecular flexibility index (Phi) is 9.75. The van der Waals surface area contributed by atoms with Gasteiger partial charge in [0, 0.05) is 5.56 Å². The van der Waals surface area contributed by atoms with Crippen molar-refractivity contribution in [1.82, 2.24) is 4.57 Å². The number of ether oxygens (including phenoxy) is 5. The zero-order valence-electron chi connectivity index (χ0n) is 25.2. The first-order valence-electron chi connectivity index (χ1n) is 14.0. The van der Waals surface area contributed by atoms with Crippen LogP contribution in [-0.4, -0.2) is 45.1 Å². The van der Waals surface area contributed by atoms with Gasteiger partial charge in [-0.05, 0) is 48.4 Å². The Balaban J connectivity index is 1.79. The van der Waals surface area contributed by atoms with Crippen LogP contribution in [0.2, 0.25) is 5.02 Å². The van der Waals surface area contributed by atoms with E-state index in [-0.39, 0.29) is 24.3 Å². The number of carbonyl (C=O) groups excluding carboxylic acids is 1. The fourth-order valence-corrected chi connectivity index (χ4v) is 6.31. The monoisotopic (exact) mass is 646 g/mol. The van der Waals surface area contributed by atoms with E-state index >= 15 is 0 Å². The number of methoxy groups -OCH3 is 3. The maximum absolute atomic E-state index is 14.2. The quantitative estimate of drug-likeness (QED) is 0.164. The second-order valence-corrected chi connectivity index (χ2v) is 11.1. The third-order valence-corrected chi connectivity index (χ3v) is 8.26. The van der Waals surface area contributed by atoms with Gasteiger partial charge in [0.2, 0.25) is 0 Å². The van der Waals surface area contributed by atoms with Gasteiger partial charge >= 0.3 is 5.97 Å². The molecular formula is C34H31ClN2O7S. The summed E-state index contributed by atoms with van der Waals surface area (Å²) in [7, 11) is 4.57. The number of halogens is 1. The van der Waals surface area contributed by atoms with E-state index in [1.807, 2.05) is 30.3 Å². The molecular weight excluding hydrogens is 616 g/mol. The Bertz CT molecular complexity index is 1960. The van der Waals surface area contributed by atoms with Crippen LogP contribution in [0.1, 0.15) is 29.7 Å². The molecule has 5 rings (SSSR count). The molecule has 0 N–H and O–H groups in total. The third-order valence-electron chi connectivity index (χ3n) is 6.99. The first-order valence-corrected chi connectivity index (χ1v) is 15.2. The predicted molar refractivity (Wildman–Crippen MR) is 174 cm³/mol. The molecule has 0 saturated heterocycles. The Morgan fingerprint density at radius 2 is 1.76 bits per heavy atom. The fourth-order valence-electron chi connectivity index (χ4n) is 5.04. The molecule has 3 aromatic carbocycles. The van der Waals surface area contributed by atoms with Crippen molar-refractivity contribution in [3.8, 4) is 23.0 Å². The van der Waals surface area contributed by atoms with Gasteiger partial charge in [-0.1, -0.05) is 72.0 Å². The van der Waals surface area contributed by atoms with Gasteiger partial charge in [-0.3, -0.25) is 9.36 Å². The summed E-state index contributed by atoms with van der Waals surface area (Å²) in [6.45, 7) is 5.79. The number of carbonyl (C=O) groups is 1. The van der Waals surface area contributed by atoms with Crippen LogP contribution in [0.3, 0.4) is 0 Å². The van der Waals surface area contributed by atoms with Crippen molar-refractivity contribution in [2.45, 2.75) is 13.0 Å². The Labute approximate surface area is 268 Å². The van der Waals surface area contributed by atoms with E-state index in [9.17, 15) is 9.59 Å². The molecule has 2 heterocycles. The Hall–Kier alpha value is -4.80. The van der Waals surface area contributed by atoms with Crippen LogP contribution < -0.4 is 33.8 Å². The summed E-state index contributed by atoms with van der Waals surface area (Å²) in [4.78, 5) is 33.2. The van der Waals surface area contributed by atoms with Gasteiger partial charge in [-0.25, -0.2) is 9.79 Å². The van der Waals surface area contributed by atoms with Crippen LogP contribution in [0.4, 0.5) is 0 Å². The minimum atomic E-state index is -0.884. The summed E-state index contributed by atoms with van der Waals surface area (Å²) in [5.74, 6) is 1.14. The van der Waals surface area contributed by atoms with Crippen molar-refractivity contribution in [3.63, 3.8) is 0 Å². The maximum atomic E-state index is 14.2. The molecule has 0 fully saturated rings. The zero-order valence-corrected chi connectivity index (χ0v) is 26.7. The van der Waals surface area contributed by atoms with E-state index < -0.39 is 12.0 Å². The molecule has 0 amide bonds. The van der Waals surface area contributed by atoms with Gasteiger partial charge < -0.3 is 23.7 Å². The molecule has 232 valence electrons. The number of thiazole rings is 1. The van der Waals surface area contributed by atoms with Crippen LogP contribution in [0.5, 0.6) is 23.0 Å². The molecule has 1 aliphatic rings. The lowest BCUT2D eigenvalue weighted by molar-refractivity contribution is -0.138. The topological polar surface area (TPSA) is 97.6 Å². The van der Waals surface area contributed by atoms with Crippen LogP contribution in [0, 0.1) is 0 Å². The molecule has 45 heavy (non-hydrogen) atoms. The van der Waals surface area contributed by atoms with Crippen molar-refractivity contribution >= 4 is 40.7 Å². The summed E-state index contributed by atoms with van der Waals surface area (Å²) in [6, 6.07) is 17.1. The lowest BCUT2D eigenvalue weighted by Gasteiger charge is -2.26. The fraction of sp³-hybridized carbons (Fsp3) is 0.206. The van der Waals surface area contributed by atoms with Crippen LogP contribution in [-0.2, 0) is 9.53 Å². The maximum Gasteiger partial charge on any atom is 0.338 e. The molecule has 1 aromatic heterocycles. The van der Waals surface area contributed by atoms with Gasteiger partial charge in [-0.15, -0.1) is 0 Å². The summed E-state index contributed by atoms with van der Waals surface area (Å²) >= 11 is 7.74. The van der Waals surface area contributed by atoms with E-state index in [4.69, 9.17) is 40.3 Å². The van der Waals surface area contributed by atoms with Crippen molar-refractivity contribution in [1.29, 1.82) is 0 Å². The van der Waals surface area contributed by atoms with Gasteiger partial charge in [0.25, 0.3) is 5.56 Å². The number of hydrogen-bond donors (Lipinski definition) is 0. The Morgan fingerprint density at radius 1 is 1.02 bits per heavy atom. The molecule has 0 aliphatic carbocycles. The van der Waals surface area contributed by atoms with E-state index in [0.717, 1.165) is 0 Å². The number of benzene rings is 3. The highest BCUT2D eigenvalue weighted by atomic mass is 35.5. The van der Waals surface area contributed by atoms with Crippen LogP contribution in [0.25, 0.3) is 11.8 Å². The number of nitrogens with zero attached hydrogens (tertiary/aromatic N) is 2. The minimum Gasteiger partial charge on any atom is -0.493 e. The van der Waals surface area contributed by atoms with Crippen molar-refractivity contribution in [2.24, 2.45) is 4.99 Å². The number of rotatable bonds is 11. The molecule has 0 spiro atoms. The highest BCUT2D eigenvalue weighted by Crippen LogP contribution is 2.39. The van der Waals surface area contributed by atoms with E-state index in [2.05, 4.69) is 6.58 Å². The summed E-state index contributed by atoms with van der Waals surface area (Å²) < 4.78 is 29.6. The minimum absolute atomic E-state index is 0.141. The lowest BCUT2D eigenvalue weighted by Crippen LogP contribution is -2.40. The second kappa shape index (κ2) is 13.9. The molecule has 1 atom stereocenters. The molecule has 1 aliphatic heterocycles. The SMILES string of the molecule is C=CCOc1c(Cl)cc(/C=c2\sc3n(c2=O)[C@@H](c2ccc(OC)c(OC)c2)C(C(=O)OCC)=C(c2ccccc2)N=3)cc1OC. The molecule has 0 unspecified atom stereocenters. The summed E-state index contributed by atoms with van der Waals surface area (Å²) in [6.07, 6.45) is 3.31. The molecule has 4 aromatic rings. The first-order chi connectivity index (χ1) is 21.8. The molecule has 0 saturated carbocycles. The highest BCUT2D eigenvalue weighted by molar-refractivity contribution is 7.07. The van der Waals surface area contributed by atoms with Crippen LogP contribution >= 0.6 is 22.9 Å². The zero-order chi connectivity index (χ0) is 32.1. The summed E-state index contributed by atoms with van der Waals surface area (Å²) in [5, 5.41) is 0.314. The lowest BCUT2D eigenvalue weighted by atomic mass is 9.93. The van der Waals surface area contributed by atoms with Gasteiger partial charge in [0.1, 0.15) is 6.61 Å². The molecule has 0 radical (unpaired) electrons. The van der Waals surface area contributed by atoms with E-state index in [1.54, 1.807) is 49.4 Å². The number of fused-ring (bicyclic) bond motifs is 1. The molecule has 11 heteroatoms. The van der Waals surface area contributed by atoms with Crippen molar-refractivity contribution in [3.05, 3.63) is 120 Å². The standard InChI is InChI=1S/C34H31ClN2O7S/c1-6-15-44-31-23(35)16-20(17-26(31)42-5)18-27-32(38)37-30(22-13-14-24(40-3)25(19-22)41-4)28(33(39)43-7-2)29(36-34(37)45-27)21-11-9-8-10-12-21/h6,8-14,16-19,30H,1,7,15H2,2-5H3/b27-18-/t30-/m0/s1. The van der Waals surface area contributed by atoms with Gasteiger partial charge in [0.15, 0.2) is 27.8 Å². The summed E-state index contributed by atoms with van der Waals surface area (Å²) in [5.41, 5.74) is 2.21. The molecule has 0 bridgehead atoms. The predicted octanol–water partition coefficient (Wildman–Crippen LogP) is 5.18. The Morgan fingerprint density at radius 3 is 2.42 bits per heavy atom. The highest BCUT2D eigenvalue weighted by Gasteiger charge is 2.35. The van der Waals surface area contributed by atoms with Crippen molar-refractivity contribution in [2.75, 3.05) is 34.5 Å². The average molecular weight is 647 g/mol. The van der Waals surface area contributed by atoms with E-state index in [0.29, 0.717) is 59.7 Å². The van der Waals surface area contributed by atoms with Gasteiger partial charge in [0.05, 0.1) is 54.8 Å². The second-order valence-electron chi connectivity index (χ2n) is 9.68. The number of esters is 1. The van der Waals surface area contributed by atoms with Crippen molar-refractivity contribution < 1.29 is 28.5 Å².